The lowest BCUT2D eigenvalue weighted by Crippen LogP contribution is -2.37. The van der Waals surface area contributed by atoms with Crippen LogP contribution in [0.4, 0.5) is 0 Å². The average molecular weight is 379 g/mol. The molecule has 2 aromatic heterocycles. The number of aromatic nitrogens is 2. The van der Waals surface area contributed by atoms with E-state index >= 15 is 0 Å². The molecule has 26 heavy (non-hydrogen) atoms. The lowest BCUT2D eigenvalue weighted by Gasteiger charge is -2.23. The van der Waals surface area contributed by atoms with E-state index in [9.17, 15) is 14.7 Å². The Morgan fingerprint density at radius 1 is 1.35 bits per heavy atom. The zero-order valence-corrected chi connectivity index (χ0v) is 15.9. The summed E-state index contributed by atoms with van der Waals surface area (Å²) in [6.07, 6.45) is 0.466. The first-order valence-electron chi connectivity index (χ1n) is 8.25. The molecular formula is C17H21N3O5S. The number of carbonyl (C=O) groups excluding carboxylic acids is 1. The maximum atomic E-state index is 13.1. The summed E-state index contributed by atoms with van der Waals surface area (Å²) in [7, 11) is 3.08. The number of thiophene rings is 1. The van der Waals surface area contributed by atoms with E-state index in [0.717, 1.165) is 5.56 Å². The Hall–Kier alpha value is -2.26. The molecule has 2 atom stereocenters. The van der Waals surface area contributed by atoms with Gasteiger partial charge in [0.1, 0.15) is 11.4 Å². The predicted molar refractivity (Wildman–Crippen MR) is 95.7 cm³/mol. The predicted octanol–water partition coefficient (Wildman–Crippen LogP) is 2.09. The van der Waals surface area contributed by atoms with Crippen molar-refractivity contribution in [2.24, 2.45) is 5.92 Å². The highest BCUT2D eigenvalue weighted by Crippen LogP contribution is 2.37. The fourth-order valence-corrected chi connectivity index (χ4v) is 4.52. The quantitative estimate of drug-likeness (QED) is 0.848. The number of aliphatic carboxylic acids is 1. The van der Waals surface area contributed by atoms with Crippen LogP contribution in [0.3, 0.4) is 0 Å². The van der Waals surface area contributed by atoms with Crippen molar-refractivity contribution in [3.05, 3.63) is 16.3 Å². The molecule has 1 N–H and O–H groups in total. The van der Waals surface area contributed by atoms with Crippen LogP contribution < -0.4 is 4.74 Å². The maximum absolute atomic E-state index is 13.1. The molecule has 1 fully saturated rings. The molecule has 140 valence electrons. The van der Waals surface area contributed by atoms with Crippen molar-refractivity contribution in [2.45, 2.75) is 32.9 Å². The van der Waals surface area contributed by atoms with Gasteiger partial charge in [-0.05, 0) is 25.8 Å². The highest BCUT2D eigenvalue weighted by atomic mass is 32.1. The molecular weight excluding hydrogens is 358 g/mol. The van der Waals surface area contributed by atoms with Crippen LogP contribution >= 0.6 is 11.3 Å². The number of aryl methyl sites for hydroxylation is 1. The minimum absolute atomic E-state index is 0.169. The van der Waals surface area contributed by atoms with Crippen LogP contribution in [0.5, 0.6) is 5.88 Å². The summed E-state index contributed by atoms with van der Waals surface area (Å²) >= 11 is 1.27. The molecule has 0 aromatic carbocycles. The van der Waals surface area contributed by atoms with Crippen molar-refractivity contribution in [1.29, 1.82) is 0 Å². The fraction of sp³-hybridized carbons (Fsp3) is 0.529. The van der Waals surface area contributed by atoms with Crippen LogP contribution in [0, 0.1) is 12.8 Å². The number of fused-ring (bicyclic) bond motifs is 1. The van der Waals surface area contributed by atoms with Crippen molar-refractivity contribution >= 4 is 33.4 Å². The third-order valence-corrected chi connectivity index (χ3v) is 5.97. The van der Waals surface area contributed by atoms with Crippen LogP contribution in [0.15, 0.2) is 0 Å². The zero-order chi connectivity index (χ0) is 19.0. The number of likely N-dealkylation sites (tertiary alicyclic amines) is 1. The van der Waals surface area contributed by atoms with E-state index in [-0.39, 0.29) is 18.6 Å². The number of rotatable bonds is 5. The molecule has 0 bridgehead atoms. The number of ether oxygens (including phenoxy) is 2. The molecule has 1 amide bonds. The van der Waals surface area contributed by atoms with E-state index in [4.69, 9.17) is 9.47 Å². The summed E-state index contributed by atoms with van der Waals surface area (Å²) in [5.41, 5.74) is 0.752. The zero-order valence-electron chi connectivity index (χ0n) is 15.1. The number of hydrogen-bond acceptors (Lipinski definition) is 7. The molecule has 0 aliphatic carbocycles. The molecule has 3 heterocycles. The molecule has 1 aliphatic heterocycles. The standard InChI is InChI=1S/C17H21N3O5S/c1-8-12-14(25-4)18-11(7-24-3)19-15(12)26-13(8)16(21)20-6-5-10(9(20)2)17(22)23/h9-10H,5-7H2,1-4H3,(H,22,23). The first kappa shape index (κ1) is 18.5. The van der Waals surface area contributed by atoms with E-state index in [2.05, 4.69) is 9.97 Å². The van der Waals surface area contributed by atoms with Crippen LogP contribution in [-0.2, 0) is 16.1 Å². The number of carboxylic acid groups (broad SMARTS) is 1. The monoisotopic (exact) mass is 379 g/mol. The van der Waals surface area contributed by atoms with Crippen molar-refractivity contribution in [1.82, 2.24) is 14.9 Å². The fourth-order valence-electron chi connectivity index (χ4n) is 3.38. The summed E-state index contributed by atoms with van der Waals surface area (Å²) in [6, 6.07) is -0.346. The van der Waals surface area contributed by atoms with Gasteiger partial charge in [0, 0.05) is 19.7 Å². The van der Waals surface area contributed by atoms with Gasteiger partial charge >= 0.3 is 5.97 Å². The largest absolute Gasteiger partial charge is 0.481 e. The molecule has 9 heteroatoms. The third-order valence-electron chi connectivity index (χ3n) is 4.80. The van der Waals surface area contributed by atoms with Gasteiger partial charge in [0.2, 0.25) is 5.88 Å². The number of nitrogens with zero attached hydrogens (tertiary/aromatic N) is 3. The second-order valence-corrected chi connectivity index (χ2v) is 7.29. The lowest BCUT2D eigenvalue weighted by molar-refractivity contribution is -0.142. The minimum atomic E-state index is -0.863. The van der Waals surface area contributed by atoms with Crippen LogP contribution in [0.2, 0.25) is 0 Å². The molecule has 2 unspecified atom stereocenters. The molecule has 3 rings (SSSR count). The first-order chi connectivity index (χ1) is 12.4. The smallest absolute Gasteiger partial charge is 0.308 e. The van der Waals surface area contributed by atoms with E-state index in [1.165, 1.54) is 18.4 Å². The Kier molecular flexibility index (Phi) is 5.10. The molecule has 0 radical (unpaired) electrons. The summed E-state index contributed by atoms with van der Waals surface area (Å²) in [6.45, 7) is 4.30. The third kappa shape index (κ3) is 3.01. The molecule has 2 aromatic rings. The lowest BCUT2D eigenvalue weighted by atomic mass is 10.0. The van der Waals surface area contributed by atoms with Gasteiger partial charge in [-0.3, -0.25) is 9.59 Å². The Labute approximate surface area is 154 Å². The van der Waals surface area contributed by atoms with Gasteiger partial charge < -0.3 is 19.5 Å². The first-order valence-corrected chi connectivity index (χ1v) is 9.07. The number of carboxylic acids is 1. The van der Waals surface area contributed by atoms with Crippen molar-refractivity contribution in [3.8, 4) is 5.88 Å². The molecule has 8 nitrogen and oxygen atoms in total. The van der Waals surface area contributed by atoms with Crippen molar-refractivity contribution in [3.63, 3.8) is 0 Å². The topological polar surface area (TPSA) is 102 Å². The van der Waals surface area contributed by atoms with Gasteiger partial charge in [0.05, 0.1) is 23.3 Å². The Balaban J connectivity index is 2.01. The molecule has 0 saturated carbocycles. The van der Waals surface area contributed by atoms with Crippen molar-refractivity contribution in [2.75, 3.05) is 20.8 Å². The normalized spacial score (nSPS) is 19.9. The van der Waals surface area contributed by atoms with Crippen molar-refractivity contribution < 1.29 is 24.2 Å². The van der Waals surface area contributed by atoms with E-state index in [0.29, 0.717) is 39.8 Å². The number of methoxy groups -OCH3 is 2. The Morgan fingerprint density at radius 3 is 2.65 bits per heavy atom. The summed E-state index contributed by atoms with van der Waals surface area (Å²) < 4.78 is 10.5. The highest BCUT2D eigenvalue weighted by Gasteiger charge is 2.39. The van der Waals surface area contributed by atoms with Crippen LogP contribution in [0.25, 0.3) is 10.2 Å². The number of amides is 1. The molecule has 1 saturated heterocycles. The maximum Gasteiger partial charge on any atom is 0.308 e. The van der Waals surface area contributed by atoms with Gasteiger partial charge in [-0.25, -0.2) is 4.98 Å². The van der Waals surface area contributed by atoms with E-state index in [1.54, 1.807) is 18.9 Å². The van der Waals surface area contributed by atoms with E-state index < -0.39 is 11.9 Å². The highest BCUT2D eigenvalue weighted by molar-refractivity contribution is 7.20. The summed E-state index contributed by atoms with van der Waals surface area (Å²) in [5.74, 6) is -0.670. The second-order valence-electron chi connectivity index (χ2n) is 6.29. The van der Waals surface area contributed by atoms with Gasteiger partial charge in [-0.15, -0.1) is 11.3 Å². The van der Waals surface area contributed by atoms with Gasteiger partial charge in [-0.1, -0.05) is 0 Å². The minimum Gasteiger partial charge on any atom is -0.481 e. The molecule has 0 spiro atoms. The molecule has 1 aliphatic rings. The second kappa shape index (κ2) is 7.16. The SMILES string of the molecule is COCc1nc(OC)c2c(C)c(C(=O)N3CCC(C(=O)O)C3C)sc2n1. The average Bonchev–Trinajstić information content (AvgIpc) is 3.14. The van der Waals surface area contributed by atoms with Gasteiger partial charge in [-0.2, -0.15) is 4.98 Å². The van der Waals surface area contributed by atoms with E-state index in [1.807, 2.05) is 6.92 Å². The van der Waals surface area contributed by atoms with Gasteiger partial charge in [0.15, 0.2) is 5.82 Å². The van der Waals surface area contributed by atoms with Crippen LogP contribution in [-0.4, -0.2) is 58.7 Å². The van der Waals surface area contributed by atoms with Gasteiger partial charge in [0.25, 0.3) is 5.91 Å². The Morgan fingerprint density at radius 2 is 2.08 bits per heavy atom. The van der Waals surface area contributed by atoms with Crippen LogP contribution in [0.1, 0.15) is 34.4 Å². The number of carbonyl (C=O) groups is 2. The number of hydrogen-bond donors (Lipinski definition) is 1. The summed E-state index contributed by atoms with van der Waals surface area (Å²) in [4.78, 5) is 36.0. The summed E-state index contributed by atoms with van der Waals surface area (Å²) in [5, 5.41) is 10.0. The Bertz CT molecular complexity index is 866.